The molecule has 0 saturated heterocycles. The summed E-state index contributed by atoms with van der Waals surface area (Å²) in [5.74, 6) is -3.44. The van der Waals surface area contributed by atoms with Crippen molar-refractivity contribution in [2.24, 2.45) is 0 Å². The van der Waals surface area contributed by atoms with Gasteiger partial charge in [0.1, 0.15) is 5.78 Å². The average molecular weight is 452 g/mol. The third kappa shape index (κ3) is 5.88. The minimum absolute atomic E-state index is 0.0159. The van der Waals surface area contributed by atoms with E-state index in [2.05, 4.69) is 0 Å². The molecule has 0 aliphatic heterocycles. The number of benzene rings is 3. The molecule has 0 aliphatic rings. The number of ketones is 4. The summed E-state index contributed by atoms with van der Waals surface area (Å²) in [7, 11) is 0. The number of alkyl halides is 3. The van der Waals surface area contributed by atoms with Crippen LogP contribution in [0.4, 0.5) is 13.2 Å². The number of halogens is 3. The molecule has 0 atom stereocenters. The van der Waals surface area contributed by atoms with Crippen molar-refractivity contribution in [1.82, 2.24) is 0 Å². The molecule has 0 aliphatic carbocycles. The Labute approximate surface area is 188 Å². The molecule has 3 rings (SSSR count). The Morgan fingerprint density at radius 3 is 1.39 bits per heavy atom. The van der Waals surface area contributed by atoms with Gasteiger partial charge in [0.2, 0.25) is 5.78 Å². The molecule has 0 unspecified atom stereocenters. The first-order valence-corrected chi connectivity index (χ1v) is 10.0. The molecule has 0 spiro atoms. The smallest absolute Gasteiger partial charge is 0.300 e. The van der Waals surface area contributed by atoms with Gasteiger partial charge in [-0.05, 0) is 29.2 Å². The van der Waals surface area contributed by atoms with Crippen molar-refractivity contribution in [1.29, 1.82) is 0 Å². The van der Waals surface area contributed by atoms with Crippen LogP contribution < -0.4 is 0 Å². The molecule has 168 valence electrons. The summed E-state index contributed by atoms with van der Waals surface area (Å²) >= 11 is 0. The Balaban J connectivity index is 1.85. The van der Waals surface area contributed by atoms with Crippen molar-refractivity contribution in [3.8, 4) is 22.3 Å². The Morgan fingerprint density at radius 1 is 0.636 bits per heavy atom. The van der Waals surface area contributed by atoms with Crippen LogP contribution in [0.5, 0.6) is 0 Å². The monoisotopic (exact) mass is 452 g/mol. The third-order valence-electron chi connectivity index (χ3n) is 5.01. The first-order valence-electron chi connectivity index (χ1n) is 10.0. The normalized spacial score (nSPS) is 11.2. The van der Waals surface area contributed by atoms with Crippen molar-refractivity contribution >= 4 is 23.1 Å². The second-order valence-corrected chi connectivity index (χ2v) is 7.52. The number of hydrogen-bond acceptors (Lipinski definition) is 4. The molecule has 0 bridgehead atoms. The van der Waals surface area contributed by atoms with Gasteiger partial charge in [-0.25, -0.2) is 0 Å². The molecular weight excluding hydrogens is 433 g/mol. The Hall–Kier alpha value is -3.87. The van der Waals surface area contributed by atoms with Crippen molar-refractivity contribution < 1.29 is 32.3 Å². The second kappa shape index (κ2) is 9.73. The predicted molar refractivity (Wildman–Crippen MR) is 117 cm³/mol. The van der Waals surface area contributed by atoms with E-state index in [-0.39, 0.29) is 23.6 Å². The molecule has 4 nitrogen and oxygen atoms in total. The SMILES string of the molecule is CC(=O)CC(=O)c1ccc(-c2ccccc2-c2ccc(C(=O)CC(=O)C(F)(F)F)cc2)cc1. The first kappa shape index (κ1) is 23.8. The molecule has 0 N–H and O–H groups in total. The van der Waals surface area contributed by atoms with Gasteiger partial charge in [0.05, 0.1) is 12.8 Å². The highest BCUT2D eigenvalue weighted by atomic mass is 19.4. The minimum atomic E-state index is -5.04. The van der Waals surface area contributed by atoms with Crippen molar-refractivity contribution in [2.45, 2.75) is 25.9 Å². The van der Waals surface area contributed by atoms with Crippen molar-refractivity contribution in [3.05, 3.63) is 83.9 Å². The van der Waals surface area contributed by atoms with E-state index in [1.165, 1.54) is 19.1 Å². The van der Waals surface area contributed by atoms with Gasteiger partial charge in [-0.1, -0.05) is 72.8 Å². The lowest BCUT2D eigenvalue weighted by molar-refractivity contribution is -0.170. The van der Waals surface area contributed by atoms with E-state index in [9.17, 15) is 32.3 Å². The van der Waals surface area contributed by atoms with Gasteiger partial charge in [-0.3, -0.25) is 19.2 Å². The lowest BCUT2D eigenvalue weighted by Crippen LogP contribution is -2.25. The zero-order valence-electron chi connectivity index (χ0n) is 17.6. The summed E-state index contributed by atoms with van der Waals surface area (Å²) in [5.41, 5.74) is 3.65. The summed E-state index contributed by atoms with van der Waals surface area (Å²) in [6, 6.07) is 20.2. The molecule has 7 heteroatoms. The van der Waals surface area contributed by atoms with E-state index in [0.717, 1.165) is 22.3 Å². The molecule has 3 aromatic carbocycles. The van der Waals surface area contributed by atoms with Gasteiger partial charge in [-0.2, -0.15) is 13.2 Å². The standard InChI is InChI=1S/C26H19F3O4/c1-16(30)14-23(31)19-10-6-17(7-11-19)21-4-2-3-5-22(21)18-8-12-20(13-9-18)24(32)15-25(33)26(27,28)29/h2-13H,14-15H2,1H3. The topological polar surface area (TPSA) is 68.3 Å². The fourth-order valence-corrected chi connectivity index (χ4v) is 3.33. The van der Waals surface area contributed by atoms with Gasteiger partial charge >= 0.3 is 6.18 Å². The average Bonchev–Trinajstić information content (AvgIpc) is 2.78. The van der Waals surface area contributed by atoms with Crippen LogP contribution >= 0.6 is 0 Å². The molecule has 0 amide bonds. The van der Waals surface area contributed by atoms with E-state index in [4.69, 9.17) is 0 Å². The molecule has 0 fully saturated rings. The zero-order chi connectivity index (χ0) is 24.2. The highest BCUT2D eigenvalue weighted by Gasteiger charge is 2.39. The number of Topliss-reactive ketones (excluding diaryl/α,β-unsaturated/α-hetero) is 4. The molecule has 0 heterocycles. The minimum Gasteiger partial charge on any atom is -0.300 e. The van der Waals surface area contributed by atoms with E-state index in [1.807, 2.05) is 24.3 Å². The van der Waals surface area contributed by atoms with Crippen molar-refractivity contribution in [2.75, 3.05) is 0 Å². The van der Waals surface area contributed by atoms with E-state index >= 15 is 0 Å². The van der Waals surface area contributed by atoms with E-state index in [0.29, 0.717) is 5.56 Å². The van der Waals surface area contributed by atoms with Gasteiger partial charge in [-0.15, -0.1) is 0 Å². The second-order valence-electron chi connectivity index (χ2n) is 7.52. The van der Waals surface area contributed by atoms with Crippen LogP contribution in [0.25, 0.3) is 22.3 Å². The molecule has 3 aromatic rings. The number of carbonyl (C=O) groups is 4. The zero-order valence-corrected chi connectivity index (χ0v) is 17.6. The maximum atomic E-state index is 12.4. The number of rotatable bonds is 8. The number of hydrogen-bond donors (Lipinski definition) is 0. The maximum absolute atomic E-state index is 12.4. The quantitative estimate of drug-likeness (QED) is 0.316. The van der Waals surface area contributed by atoms with Crippen LogP contribution in [0.15, 0.2) is 72.8 Å². The highest BCUT2D eigenvalue weighted by molar-refractivity contribution is 6.09. The lowest BCUT2D eigenvalue weighted by atomic mass is 9.92. The fourth-order valence-electron chi connectivity index (χ4n) is 3.33. The number of carbonyl (C=O) groups excluding carboxylic acids is 4. The van der Waals surface area contributed by atoms with Crippen LogP contribution in [0.1, 0.15) is 40.5 Å². The highest BCUT2D eigenvalue weighted by Crippen LogP contribution is 2.32. The van der Waals surface area contributed by atoms with Crippen molar-refractivity contribution in [3.63, 3.8) is 0 Å². The van der Waals surface area contributed by atoms with Gasteiger partial charge in [0, 0.05) is 11.1 Å². The summed E-state index contributed by atoms with van der Waals surface area (Å²) in [5, 5.41) is 0. The third-order valence-corrected chi connectivity index (χ3v) is 5.01. The van der Waals surface area contributed by atoms with Crippen LogP contribution in [0.3, 0.4) is 0 Å². The van der Waals surface area contributed by atoms with Crippen LogP contribution in [0, 0.1) is 0 Å². The first-order chi connectivity index (χ1) is 15.6. The van der Waals surface area contributed by atoms with Crippen LogP contribution in [-0.2, 0) is 9.59 Å². The fraction of sp³-hybridized carbons (Fsp3) is 0.154. The van der Waals surface area contributed by atoms with Gasteiger partial charge in [0.15, 0.2) is 11.6 Å². The Morgan fingerprint density at radius 2 is 1.03 bits per heavy atom. The molecule has 0 radical (unpaired) electrons. The Kier molecular flexibility index (Phi) is 7.01. The predicted octanol–water partition coefficient (Wildman–Crippen LogP) is 5.89. The Bertz CT molecular complexity index is 1210. The summed E-state index contributed by atoms with van der Waals surface area (Å²) in [6.45, 7) is 1.36. The van der Waals surface area contributed by atoms with Crippen LogP contribution in [-0.4, -0.2) is 29.3 Å². The molecular formula is C26H19F3O4. The van der Waals surface area contributed by atoms with E-state index in [1.54, 1.807) is 36.4 Å². The van der Waals surface area contributed by atoms with Gasteiger partial charge < -0.3 is 0 Å². The van der Waals surface area contributed by atoms with Gasteiger partial charge in [0.25, 0.3) is 0 Å². The van der Waals surface area contributed by atoms with Crippen LogP contribution in [0.2, 0.25) is 0 Å². The molecule has 33 heavy (non-hydrogen) atoms. The largest absolute Gasteiger partial charge is 0.450 e. The van der Waals surface area contributed by atoms with E-state index < -0.39 is 24.2 Å². The summed E-state index contributed by atoms with van der Waals surface area (Å²) in [4.78, 5) is 46.3. The lowest BCUT2D eigenvalue weighted by Gasteiger charge is -2.11. The molecule has 0 saturated carbocycles. The maximum Gasteiger partial charge on any atom is 0.450 e. The summed E-state index contributed by atoms with van der Waals surface area (Å²) in [6.07, 6.45) is -6.43. The summed E-state index contributed by atoms with van der Waals surface area (Å²) < 4.78 is 37.2. The molecule has 0 aromatic heterocycles.